The fourth-order valence-corrected chi connectivity index (χ4v) is 3.66. The molecule has 0 aromatic rings. The van der Waals surface area contributed by atoms with Crippen molar-refractivity contribution in [3.05, 3.63) is 0 Å². The van der Waals surface area contributed by atoms with E-state index in [1.807, 2.05) is 6.92 Å². The largest absolute Gasteiger partial charge is 0.393 e. The molecular formula is C14H27NO. The average Bonchev–Trinajstić information content (AvgIpc) is 2.78. The Balaban J connectivity index is 1.91. The summed E-state index contributed by atoms with van der Waals surface area (Å²) in [5.41, 5.74) is 0. The SMILES string of the molecule is CCC1CCCCC1N1CCC(C(C)O)C1. The van der Waals surface area contributed by atoms with Crippen molar-refractivity contribution >= 4 is 0 Å². The molecule has 2 fully saturated rings. The number of hydrogen-bond donors (Lipinski definition) is 1. The first-order valence-corrected chi connectivity index (χ1v) is 7.14. The lowest BCUT2D eigenvalue weighted by Crippen LogP contribution is -2.41. The second-order valence-corrected chi connectivity index (χ2v) is 5.80. The predicted octanol–water partition coefficient (Wildman–Crippen LogP) is 2.66. The normalized spacial score (nSPS) is 38.8. The second kappa shape index (κ2) is 5.50. The topological polar surface area (TPSA) is 23.5 Å². The summed E-state index contributed by atoms with van der Waals surface area (Å²) in [6.07, 6.45) is 8.08. The molecule has 0 aromatic heterocycles. The minimum Gasteiger partial charge on any atom is -0.393 e. The lowest BCUT2D eigenvalue weighted by Gasteiger charge is -2.38. The van der Waals surface area contributed by atoms with Crippen LogP contribution in [0.3, 0.4) is 0 Å². The number of aliphatic hydroxyl groups is 1. The van der Waals surface area contributed by atoms with E-state index < -0.39 is 0 Å². The van der Waals surface area contributed by atoms with Gasteiger partial charge in [-0.05, 0) is 44.6 Å². The molecule has 2 rings (SSSR count). The molecule has 94 valence electrons. The Labute approximate surface area is 100 Å². The lowest BCUT2D eigenvalue weighted by molar-refractivity contribution is 0.0952. The Morgan fingerprint density at radius 2 is 2.00 bits per heavy atom. The molecule has 2 aliphatic rings. The third-order valence-electron chi connectivity index (χ3n) is 4.80. The minimum atomic E-state index is -0.117. The highest BCUT2D eigenvalue weighted by atomic mass is 16.3. The molecule has 0 amide bonds. The summed E-state index contributed by atoms with van der Waals surface area (Å²) >= 11 is 0. The van der Waals surface area contributed by atoms with E-state index in [0.717, 1.165) is 18.5 Å². The van der Waals surface area contributed by atoms with E-state index in [2.05, 4.69) is 11.8 Å². The van der Waals surface area contributed by atoms with E-state index >= 15 is 0 Å². The molecule has 1 saturated heterocycles. The maximum atomic E-state index is 9.66. The van der Waals surface area contributed by atoms with Crippen LogP contribution in [0, 0.1) is 11.8 Å². The van der Waals surface area contributed by atoms with Crippen LogP contribution in [-0.4, -0.2) is 35.2 Å². The third kappa shape index (κ3) is 2.60. The maximum Gasteiger partial charge on any atom is 0.0552 e. The number of likely N-dealkylation sites (tertiary alicyclic amines) is 1. The molecule has 0 radical (unpaired) electrons. The van der Waals surface area contributed by atoms with Gasteiger partial charge in [-0.25, -0.2) is 0 Å². The Hall–Kier alpha value is -0.0800. The lowest BCUT2D eigenvalue weighted by atomic mass is 9.82. The van der Waals surface area contributed by atoms with Crippen molar-refractivity contribution in [3.63, 3.8) is 0 Å². The average molecular weight is 225 g/mol. The van der Waals surface area contributed by atoms with Crippen LogP contribution in [0.1, 0.15) is 52.4 Å². The van der Waals surface area contributed by atoms with Crippen molar-refractivity contribution in [3.8, 4) is 0 Å². The summed E-state index contributed by atoms with van der Waals surface area (Å²) in [5, 5.41) is 9.66. The number of rotatable bonds is 3. The smallest absolute Gasteiger partial charge is 0.0552 e. The highest BCUT2D eigenvalue weighted by molar-refractivity contribution is 4.88. The van der Waals surface area contributed by atoms with Crippen LogP contribution in [0.15, 0.2) is 0 Å². The molecule has 1 N–H and O–H groups in total. The first-order valence-electron chi connectivity index (χ1n) is 7.14. The number of hydrogen-bond acceptors (Lipinski definition) is 2. The Morgan fingerprint density at radius 1 is 1.25 bits per heavy atom. The van der Waals surface area contributed by atoms with Crippen LogP contribution < -0.4 is 0 Å². The van der Waals surface area contributed by atoms with Crippen LogP contribution in [0.2, 0.25) is 0 Å². The molecule has 1 aliphatic carbocycles. The van der Waals surface area contributed by atoms with Gasteiger partial charge < -0.3 is 5.11 Å². The van der Waals surface area contributed by atoms with Gasteiger partial charge in [0.05, 0.1) is 6.10 Å². The van der Waals surface area contributed by atoms with Crippen molar-refractivity contribution < 1.29 is 5.11 Å². The van der Waals surface area contributed by atoms with E-state index in [-0.39, 0.29) is 6.10 Å². The number of aliphatic hydroxyl groups excluding tert-OH is 1. The molecular weight excluding hydrogens is 198 g/mol. The predicted molar refractivity (Wildman–Crippen MR) is 67.4 cm³/mol. The molecule has 1 heterocycles. The van der Waals surface area contributed by atoms with Gasteiger partial charge in [0.1, 0.15) is 0 Å². The summed E-state index contributed by atoms with van der Waals surface area (Å²) in [6.45, 7) is 6.65. The van der Waals surface area contributed by atoms with E-state index in [1.165, 1.54) is 45.1 Å². The Kier molecular flexibility index (Phi) is 4.26. The van der Waals surface area contributed by atoms with Gasteiger partial charge in [-0.3, -0.25) is 4.90 Å². The standard InChI is InChI=1S/C14H27NO/c1-3-12-6-4-5-7-14(12)15-9-8-13(10-15)11(2)16/h11-14,16H,3-10H2,1-2H3. The molecule has 0 spiro atoms. The van der Waals surface area contributed by atoms with E-state index in [1.54, 1.807) is 0 Å². The van der Waals surface area contributed by atoms with Gasteiger partial charge in [-0.15, -0.1) is 0 Å². The third-order valence-corrected chi connectivity index (χ3v) is 4.80. The Bertz CT molecular complexity index is 217. The van der Waals surface area contributed by atoms with Gasteiger partial charge in [0.25, 0.3) is 0 Å². The van der Waals surface area contributed by atoms with Gasteiger partial charge >= 0.3 is 0 Å². The number of nitrogens with zero attached hydrogens (tertiary/aromatic N) is 1. The fourth-order valence-electron chi connectivity index (χ4n) is 3.66. The van der Waals surface area contributed by atoms with Gasteiger partial charge in [0, 0.05) is 12.6 Å². The zero-order valence-electron chi connectivity index (χ0n) is 10.9. The van der Waals surface area contributed by atoms with Crippen molar-refractivity contribution in [2.24, 2.45) is 11.8 Å². The van der Waals surface area contributed by atoms with Gasteiger partial charge in [0.2, 0.25) is 0 Å². The molecule has 2 heteroatoms. The van der Waals surface area contributed by atoms with Crippen LogP contribution in [0.25, 0.3) is 0 Å². The molecule has 1 saturated carbocycles. The molecule has 4 atom stereocenters. The highest BCUT2D eigenvalue weighted by Gasteiger charge is 2.34. The quantitative estimate of drug-likeness (QED) is 0.798. The summed E-state index contributed by atoms with van der Waals surface area (Å²) in [5.74, 6) is 1.45. The van der Waals surface area contributed by atoms with Crippen molar-refractivity contribution in [1.29, 1.82) is 0 Å². The summed E-state index contributed by atoms with van der Waals surface area (Å²) in [7, 11) is 0. The summed E-state index contributed by atoms with van der Waals surface area (Å²) in [4.78, 5) is 2.67. The zero-order valence-corrected chi connectivity index (χ0v) is 10.9. The van der Waals surface area contributed by atoms with Crippen LogP contribution >= 0.6 is 0 Å². The van der Waals surface area contributed by atoms with Gasteiger partial charge in [-0.1, -0.05) is 26.2 Å². The van der Waals surface area contributed by atoms with E-state index in [4.69, 9.17) is 0 Å². The maximum absolute atomic E-state index is 9.66. The first-order chi connectivity index (χ1) is 7.72. The van der Waals surface area contributed by atoms with Gasteiger partial charge in [0.15, 0.2) is 0 Å². The molecule has 1 aliphatic heterocycles. The highest BCUT2D eigenvalue weighted by Crippen LogP contribution is 2.34. The first kappa shape index (κ1) is 12.4. The zero-order chi connectivity index (χ0) is 11.5. The molecule has 4 unspecified atom stereocenters. The van der Waals surface area contributed by atoms with Crippen molar-refractivity contribution in [1.82, 2.24) is 4.90 Å². The summed E-state index contributed by atoms with van der Waals surface area (Å²) in [6, 6.07) is 0.822. The Morgan fingerprint density at radius 3 is 2.62 bits per heavy atom. The summed E-state index contributed by atoms with van der Waals surface area (Å²) < 4.78 is 0. The molecule has 0 aromatic carbocycles. The molecule has 2 nitrogen and oxygen atoms in total. The van der Waals surface area contributed by atoms with Crippen molar-refractivity contribution in [2.45, 2.75) is 64.5 Å². The molecule has 0 bridgehead atoms. The second-order valence-electron chi connectivity index (χ2n) is 5.80. The van der Waals surface area contributed by atoms with Crippen LogP contribution in [0.5, 0.6) is 0 Å². The van der Waals surface area contributed by atoms with Crippen LogP contribution in [0.4, 0.5) is 0 Å². The monoisotopic (exact) mass is 225 g/mol. The fraction of sp³-hybridized carbons (Fsp3) is 1.00. The molecule has 16 heavy (non-hydrogen) atoms. The van der Waals surface area contributed by atoms with Crippen LogP contribution in [-0.2, 0) is 0 Å². The van der Waals surface area contributed by atoms with E-state index in [0.29, 0.717) is 5.92 Å². The van der Waals surface area contributed by atoms with Gasteiger partial charge in [-0.2, -0.15) is 0 Å². The minimum absolute atomic E-state index is 0.117. The van der Waals surface area contributed by atoms with Crippen molar-refractivity contribution in [2.75, 3.05) is 13.1 Å². The van der Waals surface area contributed by atoms with E-state index in [9.17, 15) is 5.11 Å².